The molecular weight excluding hydrogens is 222 g/mol. The van der Waals surface area contributed by atoms with E-state index in [2.05, 4.69) is 46.5 Å². The zero-order chi connectivity index (χ0) is 12.4. The Morgan fingerprint density at radius 3 is 3.17 bits per heavy atom. The minimum Gasteiger partial charge on any atom is -0.369 e. The summed E-state index contributed by atoms with van der Waals surface area (Å²) >= 11 is 0. The first kappa shape index (κ1) is 11.5. The van der Waals surface area contributed by atoms with Gasteiger partial charge in [-0.2, -0.15) is 0 Å². The van der Waals surface area contributed by atoms with Crippen LogP contribution in [0.4, 0.5) is 5.69 Å². The van der Waals surface area contributed by atoms with Crippen LogP contribution in [0, 0.1) is 0 Å². The summed E-state index contributed by atoms with van der Waals surface area (Å²) in [5, 5.41) is 5.93. The van der Waals surface area contributed by atoms with Gasteiger partial charge < -0.3 is 10.2 Å². The van der Waals surface area contributed by atoms with Crippen LogP contribution in [0.25, 0.3) is 10.8 Å². The van der Waals surface area contributed by atoms with Gasteiger partial charge in [0.2, 0.25) is 0 Å². The molecule has 1 N–H and O–H groups in total. The van der Waals surface area contributed by atoms with E-state index < -0.39 is 0 Å². The summed E-state index contributed by atoms with van der Waals surface area (Å²) in [6, 6.07) is 9.19. The molecule has 3 nitrogen and oxygen atoms in total. The van der Waals surface area contributed by atoms with Gasteiger partial charge in [0.1, 0.15) is 0 Å². The summed E-state index contributed by atoms with van der Waals surface area (Å²) < 4.78 is 0. The van der Waals surface area contributed by atoms with Crippen molar-refractivity contribution in [1.29, 1.82) is 0 Å². The lowest BCUT2D eigenvalue weighted by atomic mass is 10.0. The van der Waals surface area contributed by atoms with Gasteiger partial charge in [-0.3, -0.25) is 4.98 Å². The van der Waals surface area contributed by atoms with Gasteiger partial charge in [-0.15, -0.1) is 0 Å². The molecule has 1 aromatic heterocycles. The molecule has 1 aliphatic rings. The molecule has 1 atom stereocenters. The number of rotatable bonds is 2. The SMILES string of the molecule is CNC1CCCN(c2cccc3ccncc23)C1. The van der Waals surface area contributed by atoms with Crippen LogP contribution in [-0.4, -0.2) is 31.2 Å². The Kier molecular flexibility index (Phi) is 3.15. The Morgan fingerprint density at radius 1 is 1.33 bits per heavy atom. The van der Waals surface area contributed by atoms with Crippen molar-refractivity contribution in [2.24, 2.45) is 0 Å². The monoisotopic (exact) mass is 241 g/mol. The summed E-state index contributed by atoms with van der Waals surface area (Å²) in [7, 11) is 2.05. The Balaban J connectivity index is 1.98. The third-order valence-electron chi connectivity index (χ3n) is 3.83. The maximum atomic E-state index is 4.27. The largest absolute Gasteiger partial charge is 0.369 e. The number of nitrogens with zero attached hydrogens (tertiary/aromatic N) is 2. The minimum atomic E-state index is 0.602. The fraction of sp³-hybridized carbons (Fsp3) is 0.400. The molecule has 1 saturated heterocycles. The van der Waals surface area contributed by atoms with Crippen LogP contribution in [0.3, 0.4) is 0 Å². The number of hydrogen-bond donors (Lipinski definition) is 1. The van der Waals surface area contributed by atoms with E-state index in [9.17, 15) is 0 Å². The van der Waals surface area contributed by atoms with Crippen LogP contribution in [-0.2, 0) is 0 Å². The number of piperidine rings is 1. The number of aromatic nitrogens is 1. The molecule has 0 spiro atoms. The van der Waals surface area contributed by atoms with Crippen molar-refractivity contribution >= 4 is 16.5 Å². The highest BCUT2D eigenvalue weighted by molar-refractivity contribution is 5.93. The molecule has 3 heteroatoms. The Labute approximate surface area is 108 Å². The highest BCUT2D eigenvalue weighted by Gasteiger charge is 2.19. The number of fused-ring (bicyclic) bond motifs is 1. The average Bonchev–Trinajstić information content (AvgIpc) is 2.47. The number of likely N-dealkylation sites (N-methyl/N-ethyl adjacent to an activating group) is 1. The molecule has 94 valence electrons. The summed E-state index contributed by atoms with van der Waals surface area (Å²) in [6.45, 7) is 2.23. The lowest BCUT2D eigenvalue weighted by molar-refractivity contribution is 0.450. The average molecular weight is 241 g/mol. The Morgan fingerprint density at radius 2 is 2.28 bits per heavy atom. The zero-order valence-corrected chi connectivity index (χ0v) is 10.8. The second-order valence-electron chi connectivity index (χ2n) is 4.95. The highest BCUT2D eigenvalue weighted by Crippen LogP contribution is 2.28. The van der Waals surface area contributed by atoms with Gasteiger partial charge in [0.05, 0.1) is 0 Å². The van der Waals surface area contributed by atoms with Crippen LogP contribution in [0.2, 0.25) is 0 Å². The molecule has 2 heterocycles. The number of anilines is 1. The molecule has 2 aromatic rings. The Bertz CT molecular complexity index is 533. The number of benzene rings is 1. The van der Waals surface area contributed by atoms with E-state index in [-0.39, 0.29) is 0 Å². The first-order valence-corrected chi connectivity index (χ1v) is 6.63. The zero-order valence-electron chi connectivity index (χ0n) is 10.8. The predicted molar refractivity (Wildman–Crippen MR) is 76.0 cm³/mol. The summed E-state index contributed by atoms with van der Waals surface area (Å²) in [5.74, 6) is 0. The van der Waals surface area contributed by atoms with Crippen molar-refractivity contribution in [2.75, 3.05) is 25.0 Å². The lowest BCUT2D eigenvalue weighted by Gasteiger charge is -2.34. The third-order valence-corrected chi connectivity index (χ3v) is 3.83. The van der Waals surface area contributed by atoms with E-state index >= 15 is 0 Å². The van der Waals surface area contributed by atoms with Crippen LogP contribution in [0.5, 0.6) is 0 Å². The van der Waals surface area contributed by atoms with Gasteiger partial charge in [0.25, 0.3) is 0 Å². The number of hydrogen-bond acceptors (Lipinski definition) is 3. The van der Waals surface area contributed by atoms with E-state index in [1.54, 1.807) is 0 Å². The van der Waals surface area contributed by atoms with Crippen molar-refractivity contribution in [3.8, 4) is 0 Å². The van der Waals surface area contributed by atoms with E-state index in [0.29, 0.717) is 6.04 Å². The maximum Gasteiger partial charge on any atom is 0.0462 e. The molecule has 0 radical (unpaired) electrons. The topological polar surface area (TPSA) is 28.2 Å². The van der Waals surface area contributed by atoms with Crippen LogP contribution < -0.4 is 10.2 Å². The molecule has 1 unspecified atom stereocenters. The standard InChI is InChI=1S/C15H19N3/c1-16-13-5-3-9-18(11-13)15-6-2-4-12-7-8-17-10-14(12)15/h2,4,6-8,10,13,16H,3,5,9,11H2,1H3. The summed E-state index contributed by atoms with van der Waals surface area (Å²) in [5.41, 5.74) is 1.32. The first-order valence-electron chi connectivity index (χ1n) is 6.63. The normalized spacial score (nSPS) is 20.3. The highest BCUT2D eigenvalue weighted by atomic mass is 15.2. The van der Waals surface area contributed by atoms with Gasteiger partial charge >= 0.3 is 0 Å². The summed E-state index contributed by atoms with van der Waals surface area (Å²) in [4.78, 5) is 6.75. The molecule has 0 amide bonds. The van der Waals surface area contributed by atoms with E-state index in [4.69, 9.17) is 0 Å². The Hall–Kier alpha value is -1.61. The molecule has 1 aromatic carbocycles. The van der Waals surface area contributed by atoms with E-state index in [1.165, 1.54) is 29.3 Å². The van der Waals surface area contributed by atoms with Gasteiger partial charge in [0, 0.05) is 42.6 Å². The lowest BCUT2D eigenvalue weighted by Crippen LogP contribution is -2.44. The molecule has 0 saturated carbocycles. The first-order chi connectivity index (χ1) is 8.88. The second-order valence-corrected chi connectivity index (χ2v) is 4.95. The van der Waals surface area contributed by atoms with Gasteiger partial charge in [0.15, 0.2) is 0 Å². The molecule has 0 aliphatic carbocycles. The van der Waals surface area contributed by atoms with E-state index in [0.717, 1.165) is 13.1 Å². The van der Waals surface area contributed by atoms with Gasteiger partial charge in [-0.05, 0) is 37.4 Å². The van der Waals surface area contributed by atoms with Crippen molar-refractivity contribution < 1.29 is 0 Å². The fourth-order valence-corrected chi connectivity index (χ4v) is 2.80. The molecule has 18 heavy (non-hydrogen) atoms. The molecular formula is C15H19N3. The minimum absolute atomic E-state index is 0.602. The van der Waals surface area contributed by atoms with Crippen molar-refractivity contribution in [3.63, 3.8) is 0 Å². The van der Waals surface area contributed by atoms with Gasteiger partial charge in [-0.25, -0.2) is 0 Å². The van der Waals surface area contributed by atoms with Crippen LogP contribution in [0.1, 0.15) is 12.8 Å². The maximum absolute atomic E-state index is 4.27. The molecule has 1 fully saturated rings. The number of pyridine rings is 1. The second kappa shape index (κ2) is 4.94. The molecule has 3 rings (SSSR count). The summed E-state index contributed by atoms with van der Waals surface area (Å²) in [6.07, 6.45) is 6.37. The van der Waals surface area contributed by atoms with E-state index in [1.807, 2.05) is 12.4 Å². The van der Waals surface area contributed by atoms with Crippen LogP contribution in [0.15, 0.2) is 36.7 Å². The molecule has 0 bridgehead atoms. The predicted octanol–water partition coefficient (Wildman–Crippen LogP) is 2.42. The smallest absolute Gasteiger partial charge is 0.0462 e. The van der Waals surface area contributed by atoms with Crippen LogP contribution >= 0.6 is 0 Å². The van der Waals surface area contributed by atoms with Crippen molar-refractivity contribution in [3.05, 3.63) is 36.7 Å². The third kappa shape index (κ3) is 2.06. The fourth-order valence-electron chi connectivity index (χ4n) is 2.80. The van der Waals surface area contributed by atoms with Crippen molar-refractivity contribution in [1.82, 2.24) is 10.3 Å². The van der Waals surface area contributed by atoms with Gasteiger partial charge in [-0.1, -0.05) is 12.1 Å². The molecule has 1 aliphatic heterocycles. The number of nitrogens with one attached hydrogen (secondary N) is 1. The van der Waals surface area contributed by atoms with Crippen molar-refractivity contribution in [2.45, 2.75) is 18.9 Å². The quantitative estimate of drug-likeness (QED) is 0.875.